The normalized spacial score (nSPS) is 47.1. The van der Waals surface area contributed by atoms with Gasteiger partial charge in [-0.25, -0.2) is 0 Å². The quantitative estimate of drug-likeness (QED) is 0.546. The van der Waals surface area contributed by atoms with Gasteiger partial charge in [0.05, 0.1) is 4.83 Å². The third kappa shape index (κ3) is 2.28. The average molecular weight is 380 g/mol. The summed E-state index contributed by atoms with van der Waals surface area (Å²) in [6.07, 6.45) is 7.98. The van der Waals surface area contributed by atoms with E-state index in [2.05, 4.69) is 31.9 Å². The number of carbonyl (C=O) groups is 1. The summed E-state index contributed by atoms with van der Waals surface area (Å²) in [6.45, 7) is 2.02. The molecule has 2 nitrogen and oxygen atoms in total. The van der Waals surface area contributed by atoms with Crippen molar-refractivity contribution in [3.05, 3.63) is 0 Å². The van der Waals surface area contributed by atoms with Crippen LogP contribution in [0.15, 0.2) is 0 Å². The number of esters is 1. The average Bonchev–Trinajstić information content (AvgIpc) is 2.22. The molecule has 0 aromatic heterocycles. The van der Waals surface area contributed by atoms with Gasteiger partial charge >= 0.3 is 5.97 Å². The van der Waals surface area contributed by atoms with E-state index in [1.165, 1.54) is 45.4 Å². The van der Waals surface area contributed by atoms with E-state index in [9.17, 15) is 4.79 Å². The molecule has 0 saturated heterocycles. The maximum absolute atomic E-state index is 11.0. The molecule has 4 aliphatic rings. The highest BCUT2D eigenvalue weighted by atomic mass is 79.9. The molecule has 4 fully saturated rings. The third-order valence-electron chi connectivity index (χ3n) is 5.13. The zero-order valence-corrected chi connectivity index (χ0v) is 13.9. The lowest BCUT2D eigenvalue weighted by atomic mass is 9.49. The topological polar surface area (TPSA) is 26.3 Å². The molecule has 0 radical (unpaired) electrons. The zero-order chi connectivity index (χ0) is 13.0. The fourth-order valence-corrected chi connectivity index (χ4v) is 7.10. The molecule has 0 aliphatic heterocycles. The van der Waals surface area contributed by atoms with Crippen LogP contribution in [0.2, 0.25) is 0 Å². The Morgan fingerprint density at radius 3 is 2.44 bits per heavy atom. The van der Waals surface area contributed by atoms with E-state index < -0.39 is 0 Å². The van der Waals surface area contributed by atoms with Gasteiger partial charge in [-0.1, -0.05) is 31.9 Å². The van der Waals surface area contributed by atoms with Crippen LogP contribution in [0, 0.1) is 17.3 Å². The second-order valence-electron chi connectivity index (χ2n) is 6.74. The van der Waals surface area contributed by atoms with Crippen LogP contribution in [-0.2, 0) is 9.53 Å². The van der Waals surface area contributed by atoms with Gasteiger partial charge < -0.3 is 4.74 Å². The van der Waals surface area contributed by atoms with Crippen LogP contribution in [0.25, 0.3) is 0 Å². The van der Waals surface area contributed by atoms with Crippen LogP contribution in [0.1, 0.15) is 45.4 Å². The Hall–Kier alpha value is 0.430. The molecule has 4 rings (SSSR count). The van der Waals surface area contributed by atoms with Crippen molar-refractivity contribution < 1.29 is 9.53 Å². The Balaban J connectivity index is 1.76. The summed E-state index contributed by atoms with van der Waals surface area (Å²) < 4.78 is 5.60. The third-order valence-corrected chi connectivity index (χ3v) is 7.30. The lowest BCUT2D eigenvalue weighted by molar-refractivity contribution is -0.142. The number of ether oxygens (including phenoxy) is 1. The zero-order valence-electron chi connectivity index (χ0n) is 10.8. The monoisotopic (exact) mass is 378 g/mol. The standard InChI is InChI=1S/C14H20Br2O2/c1-9(17)18-7-12(15)13-3-10-2-11(4-13)6-14(16,5-10)8-13/h10-12H,2-8H2,1H3/t10-,11-,12-,13?,14?/m1/s1. The van der Waals surface area contributed by atoms with Crippen LogP contribution in [0.4, 0.5) is 0 Å². The smallest absolute Gasteiger partial charge is 0.302 e. The van der Waals surface area contributed by atoms with Crippen LogP contribution < -0.4 is 0 Å². The summed E-state index contributed by atoms with van der Waals surface area (Å²) in [6, 6.07) is 0. The predicted molar refractivity (Wildman–Crippen MR) is 78.1 cm³/mol. The van der Waals surface area contributed by atoms with E-state index in [0.717, 1.165) is 11.8 Å². The highest BCUT2D eigenvalue weighted by molar-refractivity contribution is 9.10. The van der Waals surface area contributed by atoms with Crippen molar-refractivity contribution in [3.63, 3.8) is 0 Å². The Kier molecular flexibility index (Phi) is 3.33. The van der Waals surface area contributed by atoms with Crippen molar-refractivity contribution in [1.82, 2.24) is 0 Å². The fourth-order valence-electron chi connectivity index (χ4n) is 4.95. The molecular formula is C14H20Br2O2. The molecule has 0 spiro atoms. The van der Waals surface area contributed by atoms with Gasteiger partial charge in [0.15, 0.2) is 0 Å². The van der Waals surface area contributed by atoms with E-state index in [1.54, 1.807) is 0 Å². The summed E-state index contributed by atoms with van der Waals surface area (Å²) in [5.74, 6) is 1.59. The second kappa shape index (κ2) is 4.47. The summed E-state index contributed by atoms with van der Waals surface area (Å²) in [5.41, 5.74) is 0.350. The highest BCUT2D eigenvalue weighted by Gasteiger charge is 2.58. The van der Waals surface area contributed by atoms with Crippen molar-refractivity contribution in [1.29, 1.82) is 0 Å². The molecule has 0 N–H and O–H groups in total. The molecule has 0 amide bonds. The lowest BCUT2D eigenvalue weighted by Gasteiger charge is -2.61. The Labute approximate surface area is 125 Å². The molecule has 4 heteroatoms. The SMILES string of the molecule is CC(=O)OC[C@@H](Br)C12C[C@H]3C[C@@H](CC(Br)(C3)C1)C2. The highest BCUT2D eigenvalue weighted by Crippen LogP contribution is 2.66. The van der Waals surface area contributed by atoms with Gasteiger partial charge in [-0.05, 0) is 55.8 Å². The number of alkyl halides is 2. The molecule has 102 valence electrons. The molecule has 0 heterocycles. The predicted octanol–water partition coefficient (Wildman–Crippen LogP) is 4.05. The van der Waals surface area contributed by atoms with E-state index in [-0.39, 0.29) is 5.97 Å². The molecule has 0 unspecified atom stereocenters. The first-order valence-electron chi connectivity index (χ1n) is 6.87. The van der Waals surface area contributed by atoms with Crippen LogP contribution in [-0.4, -0.2) is 21.7 Å². The first-order chi connectivity index (χ1) is 8.41. The molecule has 3 atom stereocenters. The maximum atomic E-state index is 11.0. The minimum atomic E-state index is -0.169. The van der Waals surface area contributed by atoms with Crippen LogP contribution in [0.5, 0.6) is 0 Å². The Bertz CT molecular complexity index is 355. The molecule has 4 saturated carbocycles. The molecule has 0 aromatic carbocycles. The van der Waals surface area contributed by atoms with Crippen molar-refractivity contribution in [3.8, 4) is 0 Å². The Morgan fingerprint density at radius 1 is 1.33 bits per heavy atom. The van der Waals surface area contributed by atoms with Crippen LogP contribution in [0.3, 0.4) is 0 Å². The second-order valence-corrected chi connectivity index (χ2v) is 9.53. The molecular weight excluding hydrogens is 360 g/mol. The molecule has 0 aromatic rings. The summed E-state index contributed by atoms with van der Waals surface area (Å²) in [5, 5.41) is 0. The van der Waals surface area contributed by atoms with Crippen molar-refractivity contribution >= 4 is 37.8 Å². The van der Waals surface area contributed by atoms with Gasteiger partial charge in [-0.2, -0.15) is 0 Å². The first-order valence-corrected chi connectivity index (χ1v) is 8.58. The van der Waals surface area contributed by atoms with Gasteiger partial charge in [0.1, 0.15) is 6.61 Å². The van der Waals surface area contributed by atoms with Gasteiger partial charge in [-0.3, -0.25) is 4.79 Å². The van der Waals surface area contributed by atoms with Gasteiger partial charge in [0.2, 0.25) is 0 Å². The number of hydrogen-bond donors (Lipinski definition) is 0. The number of halogens is 2. The van der Waals surface area contributed by atoms with Crippen molar-refractivity contribution in [2.24, 2.45) is 17.3 Å². The number of hydrogen-bond acceptors (Lipinski definition) is 2. The van der Waals surface area contributed by atoms with E-state index in [0.29, 0.717) is 21.2 Å². The Morgan fingerprint density at radius 2 is 1.94 bits per heavy atom. The van der Waals surface area contributed by atoms with Gasteiger partial charge in [0, 0.05) is 11.2 Å². The summed E-state index contributed by atoms with van der Waals surface area (Å²) in [7, 11) is 0. The van der Waals surface area contributed by atoms with E-state index in [1.807, 2.05) is 0 Å². The molecule has 18 heavy (non-hydrogen) atoms. The van der Waals surface area contributed by atoms with Gasteiger partial charge in [0.25, 0.3) is 0 Å². The fraction of sp³-hybridized carbons (Fsp3) is 0.929. The van der Waals surface area contributed by atoms with E-state index in [4.69, 9.17) is 4.74 Å². The van der Waals surface area contributed by atoms with Crippen molar-refractivity contribution in [2.75, 3.05) is 6.61 Å². The summed E-state index contributed by atoms with van der Waals surface area (Å²) in [4.78, 5) is 11.3. The largest absolute Gasteiger partial charge is 0.465 e. The summed E-state index contributed by atoms with van der Waals surface area (Å²) >= 11 is 7.83. The molecule has 4 bridgehead atoms. The maximum Gasteiger partial charge on any atom is 0.302 e. The van der Waals surface area contributed by atoms with Crippen LogP contribution >= 0.6 is 31.9 Å². The van der Waals surface area contributed by atoms with Crippen molar-refractivity contribution in [2.45, 2.75) is 54.6 Å². The van der Waals surface area contributed by atoms with Gasteiger partial charge in [-0.15, -0.1) is 0 Å². The first kappa shape index (κ1) is 13.4. The number of rotatable bonds is 3. The minimum absolute atomic E-state index is 0.169. The molecule has 4 aliphatic carbocycles. The van der Waals surface area contributed by atoms with E-state index >= 15 is 0 Å². The number of carbonyl (C=O) groups excluding carboxylic acids is 1. The minimum Gasteiger partial charge on any atom is -0.465 e. The lowest BCUT2D eigenvalue weighted by Crippen LogP contribution is -2.56.